The molecule has 2 N–H and O–H groups in total. The number of guanidine groups is 1. The molecule has 24 heavy (non-hydrogen) atoms. The molecule has 0 saturated heterocycles. The molecular formula is C18H28N4OS. The van der Waals surface area contributed by atoms with Gasteiger partial charge in [0.15, 0.2) is 5.96 Å². The van der Waals surface area contributed by atoms with Crippen molar-refractivity contribution >= 4 is 17.3 Å². The molecule has 0 amide bonds. The first-order valence-corrected chi connectivity index (χ1v) is 9.61. The Balaban J connectivity index is 1.75. The van der Waals surface area contributed by atoms with Crippen LogP contribution in [0.15, 0.2) is 34.0 Å². The van der Waals surface area contributed by atoms with Crippen molar-refractivity contribution in [2.24, 2.45) is 4.99 Å². The van der Waals surface area contributed by atoms with Crippen molar-refractivity contribution in [1.82, 2.24) is 15.6 Å². The highest BCUT2D eigenvalue weighted by Crippen LogP contribution is 2.13. The van der Waals surface area contributed by atoms with E-state index in [0.29, 0.717) is 0 Å². The molecule has 2 aromatic rings. The van der Waals surface area contributed by atoms with Gasteiger partial charge in [0.1, 0.15) is 5.76 Å². The summed E-state index contributed by atoms with van der Waals surface area (Å²) in [5.74, 6) is 1.87. The number of unbranched alkanes of at least 4 members (excludes halogenated alkanes) is 1. The van der Waals surface area contributed by atoms with Crippen molar-refractivity contribution < 1.29 is 4.42 Å². The summed E-state index contributed by atoms with van der Waals surface area (Å²) in [6, 6.07) is 3.92. The molecule has 0 radical (unpaired) electrons. The Hall–Kier alpha value is -1.82. The SMILES string of the molecule is CCCCN=C(NCCc1ccco1)NCCc1ncc(CC)s1. The van der Waals surface area contributed by atoms with Gasteiger partial charge in [0.2, 0.25) is 0 Å². The number of aryl methyl sites for hydroxylation is 1. The lowest BCUT2D eigenvalue weighted by molar-refractivity contribution is 0.506. The number of aromatic nitrogens is 1. The molecule has 6 heteroatoms. The van der Waals surface area contributed by atoms with Crippen molar-refractivity contribution in [3.8, 4) is 0 Å². The fraction of sp³-hybridized carbons (Fsp3) is 0.556. The highest BCUT2D eigenvalue weighted by molar-refractivity contribution is 7.11. The quantitative estimate of drug-likeness (QED) is 0.392. The van der Waals surface area contributed by atoms with Gasteiger partial charge >= 0.3 is 0 Å². The number of nitrogens with zero attached hydrogens (tertiary/aromatic N) is 2. The summed E-state index contributed by atoms with van der Waals surface area (Å²) >= 11 is 1.80. The number of aliphatic imine (C=N–C) groups is 1. The predicted octanol–water partition coefficient (Wildman–Crippen LogP) is 3.42. The average Bonchev–Trinajstić information content (AvgIpc) is 3.26. The van der Waals surface area contributed by atoms with Crippen LogP contribution in [0.5, 0.6) is 0 Å². The van der Waals surface area contributed by atoms with Gasteiger partial charge in [-0.3, -0.25) is 4.99 Å². The first-order valence-electron chi connectivity index (χ1n) is 8.80. The fourth-order valence-corrected chi connectivity index (χ4v) is 3.06. The Morgan fingerprint density at radius 1 is 1.25 bits per heavy atom. The van der Waals surface area contributed by atoms with E-state index >= 15 is 0 Å². The number of thiazole rings is 1. The van der Waals surface area contributed by atoms with Gasteiger partial charge in [-0.2, -0.15) is 0 Å². The Kier molecular flexibility index (Phi) is 8.38. The van der Waals surface area contributed by atoms with E-state index in [4.69, 9.17) is 4.42 Å². The summed E-state index contributed by atoms with van der Waals surface area (Å²) in [4.78, 5) is 10.4. The van der Waals surface area contributed by atoms with E-state index in [9.17, 15) is 0 Å². The van der Waals surface area contributed by atoms with Gasteiger partial charge < -0.3 is 15.1 Å². The van der Waals surface area contributed by atoms with Crippen LogP contribution >= 0.6 is 11.3 Å². The topological polar surface area (TPSA) is 62.5 Å². The van der Waals surface area contributed by atoms with E-state index in [0.717, 1.165) is 63.5 Å². The van der Waals surface area contributed by atoms with E-state index in [-0.39, 0.29) is 0 Å². The van der Waals surface area contributed by atoms with E-state index in [2.05, 4.69) is 34.5 Å². The van der Waals surface area contributed by atoms with Crippen LogP contribution in [-0.4, -0.2) is 30.6 Å². The minimum atomic E-state index is 0.808. The maximum Gasteiger partial charge on any atom is 0.191 e. The van der Waals surface area contributed by atoms with E-state index in [1.165, 1.54) is 9.88 Å². The summed E-state index contributed by atoms with van der Waals surface area (Å²) in [7, 11) is 0. The molecule has 0 bridgehead atoms. The number of furan rings is 1. The lowest BCUT2D eigenvalue weighted by Gasteiger charge is -2.11. The van der Waals surface area contributed by atoms with E-state index in [1.54, 1.807) is 17.6 Å². The van der Waals surface area contributed by atoms with Gasteiger partial charge in [0.25, 0.3) is 0 Å². The predicted molar refractivity (Wildman–Crippen MR) is 101 cm³/mol. The zero-order chi connectivity index (χ0) is 17.0. The molecule has 0 aliphatic rings. The van der Waals surface area contributed by atoms with Gasteiger partial charge in [-0.05, 0) is 25.0 Å². The standard InChI is InChI=1S/C18H28N4OS/c1-3-5-10-19-18(20-11-8-15-7-6-13-23-15)21-12-9-17-22-14-16(4-2)24-17/h6-7,13-14H,3-5,8-12H2,1-2H3,(H2,19,20,21). The molecule has 2 heterocycles. The first kappa shape index (κ1) is 18.5. The van der Waals surface area contributed by atoms with Crippen molar-refractivity contribution in [1.29, 1.82) is 0 Å². The molecule has 0 unspecified atom stereocenters. The number of hydrogen-bond donors (Lipinski definition) is 2. The lowest BCUT2D eigenvalue weighted by atomic mass is 10.3. The maximum atomic E-state index is 5.36. The highest BCUT2D eigenvalue weighted by atomic mass is 32.1. The highest BCUT2D eigenvalue weighted by Gasteiger charge is 2.03. The minimum absolute atomic E-state index is 0.808. The minimum Gasteiger partial charge on any atom is -0.469 e. The summed E-state index contributed by atoms with van der Waals surface area (Å²) in [6.07, 6.45) is 8.80. The maximum absolute atomic E-state index is 5.36. The Bertz CT molecular complexity index is 592. The zero-order valence-corrected chi connectivity index (χ0v) is 15.5. The third-order valence-corrected chi connectivity index (χ3v) is 4.81. The van der Waals surface area contributed by atoms with Crippen molar-refractivity contribution in [2.75, 3.05) is 19.6 Å². The molecule has 0 atom stereocenters. The van der Waals surface area contributed by atoms with Crippen LogP contribution in [0.25, 0.3) is 0 Å². The molecule has 132 valence electrons. The van der Waals surface area contributed by atoms with Crippen LogP contribution in [-0.2, 0) is 19.3 Å². The fourth-order valence-electron chi connectivity index (χ4n) is 2.20. The van der Waals surface area contributed by atoms with E-state index in [1.807, 2.05) is 18.3 Å². The Morgan fingerprint density at radius 3 is 2.75 bits per heavy atom. The largest absolute Gasteiger partial charge is 0.469 e. The summed E-state index contributed by atoms with van der Waals surface area (Å²) in [5, 5.41) is 7.97. The molecule has 0 aromatic carbocycles. The number of nitrogens with one attached hydrogen (secondary N) is 2. The van der Waals surface area contributed by atoms with Crippen LogP contribution in [0.4, 0.5) is 0 Å². The van der Waals surface area contributed by atoms with Gasteiger partial charge in [-0.25, -0.2) is 4.98 Å². The molecular weight excluding hydrogens is 320 g/mol. The second kappa shape index (κ2) is 10.9. The van der Waals surface area contributed by atoms with E-state index < -0.39 is 0 Å². The van der Waals surface area contributed by atoms with Crippen molar-refractivity contribution in [3.05, 3.63) is 40.2 Å². The zero-order valence-electron chi connectivity index (χ0n) is 14.7. The molecule has 2 aromatic heterocycles. The van der Waals surface area contributed by atoms with Gasteiger partial charge in [-0.15, -0.1) is 11.3 Å². The lowest BCUT2D eigenvalue weighted by Crippen LogP contribution is -2.39. The Labute approximate surface area is 148 Å². The van der Waals surface area contributed by atoms with Gasteiger partial charge in [0, 0.05) is 43.5 Å². The second-order valence-corrected chi connectivity index (χ2v) is 6.79. The number of hydrogen-bond acceptors (Lipinski definition) is 4. The van der Waals surface area contributed by atoms with Crippen LogP contribution in [0, 0.1) is 0 Å². The third-order valence-electron chi connectivity index (χ3n) is 3.61. The third kappa shape index (κ3) is 6.74. The molecule has 0 saturated carbocycles. The normalized spacial score (nSPS) is 11.7. The van der Waals surface area contributed by atoms with Crippen LogP contribution in [0.2, 0.25) is 0 Å². The summed E-state index contributed by atoms with van der Waals surface area (Å²) in [5.41, 5.74) is 0. The Morgan fingerprint density at radius 2 is 2.08 bits per heavy atom. The van der Waals surface area contributed by atoms with Crippen LogP contribution in [0.1, 0.15) is 42.3 Å². The monoisotopic (exact) mass is 348 g/mol. The first-order chi connectivity index (χ1) is 11.8. The molecule has 2 rings (SSSR count). The second-order valence-electron chi connectivity index (χ2n) is 5.59. The summed E-state index contributed by atoms with van der Waals surface area (Å²) < 4.78 is 5.36. The van der Waals surface area contributed by atoms with Gasteiger partial charge in [0.05, 0.1) is 11.3 Å². The molecule has 0 aliphatic heterocycles. The summed E-state index contributed by atoms with van der Waals surface area (Å²) in [6.45, 7) is 6.85. The van der Waals surface area contributed by atoms with Crippen LogP contribution < -0.4 is 10.6 Å². The molecule has 0 fully saturated rings. The number of rotatable bonds is 10. The molecule has 0 aliphatic carbocycles. The smallest absolute Gasteiger partial charge is 0.191 e. The molecule has 0 spiro atoms. The molecule has 5 nitrogen and oxygen atoms in total. The van der Waals surface area contributed by atoms with Gasteiger partial charge in [-0.1, -0.05) is 20.3 Å². The van der Waals surface area contributed by atoms with Crippen molar-refractivity contribution in [3.63, 3.8) is 0 Å². The van der Waals surface area contributed by atoms with Crippen molar-refractivity contribution in [2.45, 2.75) is 46.0 Å². The van der Waals surface area contributed by atoms with Crippen LogP contribution in [0.3, 0.4) is 0 Å². The average molecular weight is 349 g/mol.